The molecule has 0 amide bonds. The van der Waals surface area contributed by atoms with Gasteiger partial charge in [-0.05, 0) is 54.4 Å². The van der Waals surface area contributed by atoms with Gasteiger partial charge in [-0.15, -0.1) is 0 Å². The summed E-state index contributed by atoms with van der Waals surface area (Å²) in [4.78, 5) is 57.4. The van der Waals surface area contributed by atoms with Crippen LogP contribution in [-0.2, 0) is 23.4 Å². The Bertz CT molecular complexity index is 1150. The molecule has 3 atom stereocenters. The van der Waals surface area contributed by atoms with E-state index in [9.17, 15) is 18.9 Å². The fraction of sp³-hybridized carbons (Fsp3) is 0.821. The number of nitrogens with one attached hydrogen (secondary N) is 1. The summed E-state index contributed by atoms with van der Waals surface area (Å²) in [5.74, 6) is -0.447. The zero-order valence-corrected chi connectivity index (χ0v) is 27.1. The number of nitrogens with zero attached hydrogens (tertiary/aromatic N) is 3. The van der Waals surface area contributed by atoms with Crippen LogP contribution in [0.3, 0.4) is 0 Å². The van der Waals surface area contributed by atoms with E-state index in [1.54, 1.807) is 0 Å². The van der Waals surface area contributed by atoms with E-state index in [-0.39, 0.29) is 18.4 Å². The van der Waals surface area contributed by atoms with Crippen molar-refractivity contribution in [1.29, 1.82) is 0 Å². The van der Waals surface area contributed by atoms with E-state index in [0.717, 1.165) is 67.6 Å². The Morgan fingerprint density at radius 3 is 2.14 bits per heavy atom. The van der Waals surface area contributed by atoms with E-state index in [2.05, 4.69) is 44.1 Å². The normalized spacial score (nSPS) is 19.8. The average Bonchev–Trinajstić information content (AvgIpc) is 3.35. The van der Waals surface area contributed by atoms with Gasteiger partial charge in [-0.25, -0.2) is 9.36 Å². The first kappa shape index (κ1) is 36.3. The smallest absolute Gasteiger partial charge is 0.459 e. The monoisotopic (exact) mass is 620 g/mol. The van der Waals surface area contributed by atoms with Gasteiger partial charge in [-0.1, -0.05) is 0 Å². The van der Waals surface area contributed by atoms with Crippen molar-refractivity contribution in [2.24, 2.45) is 0 Å². The molecule has 0 saturated carbocycles. The van der Waals surface area contributed by atoms with Crippen LogP contribution in [0.2, 0.25) is 0 Å². The molecule has 1 aliphatic rings. The molecule has 1 aromatic heterocycles. The third-order valence-corrected chi connectivity index (χ3v) is 9.69. The highest BCUT2D eigenvalue weighted by molar-refractivity contribution is 7.46. The second-order valence-corrected chi connectivity index (χ2v) is 12.6. The van der Waals surface area contributed by atoms with Crippen molar-refractivity contribution in [2.45, 2.75) is 92.1 Å². The maximum absolute atomic E-state index is 12.8. The van der Waals surface area contributed by atoms with Gasteiger partial charge in [0, 0.05) is 31.0 Å². The lowest BCUT2D eigenvalue weighted by Crippen LogP contribution is -2.52. The predicted molar refractivity (Wildman–Crippen MR) is 159 cm³/mol. The molecule has 0 aliphatic carbocycles. The van der Waals surface area contributed by atoms with Crippen LogP contribution in [0, 0.1) is 6.92 Å². The number of aryl methyl sites for hydroxylation is 1. The molecule has 0 bridgehead atoms. The van der Waals surface area contributed by atoms with Crippen LogP contribution >= 0.6 is 7.82 Å². The number of phosphoric acid groups is 1. The largest absolute Gasteiger partial charge is 0.469 e. The Kier molecular flexibility index (Phi) is 14.1. The summed E-state index contributed by atoms with van der Waals surface area (Å²) in [5, 5.41) is 0. The van der Waals surface area contributed by atoms with E-state index >= 15 is 0 Å². The van der Waals surface area contributed by atoms with Crippen LogP contribution in [-0.4, -0.2) is 105 Å². The highest BCUT2D eigenvalue weighted by Gasteiger charge is 2.40. The number of unbranched alkanes of at least 4 members (excludes halogenated alkanes) is 1. The maximum Gasteiger partial charge on any atom is 0.469 e. The summed E-state index contributed by atoms with van der Waals surface area (Å²) in [7, 11) is -4.80. The molecule has 1 aliphatic heterocycles. The lowest BCUT2D eigenvalue weighted by molar-refractivity contribution is -0.942. The first-order valence-electron chi connectivity index (χ1n) is 15.3. The number of rotatable bonds is 19. The lowest BCUT2D eigenvalue weighted by atomic mass is 10.1. The Balaban J connectivity index is 1.96. The van der Waals surface area contributed by atoms with Crippen LogP contribution in [0.4, 0.5) is 0 Å². The standard InChI is InChI=1S/C28H51N4O9P/c1-7-31(8-2,9-3)17-14-18-32(10-4,11-5)16-13-12-15-26(33)41-23-19-25(40-24(23)21-39-42(36,37)38)30-20-22(6)27(34)29-28(30)35/h20,23-25H,7-19,21H2,1-6H3,(H-2,29,34,35,36,37,38)/p+2/t23-,24+,25+/m0/s1. The second-order valence-electron chi connectivity index (χ2n) is 11.4. The first-order chi connectivity index (χ1) is 19.8. The Morgan fingerprint density at radius 2 is 1.57 bits per heavy atom. The highest BCUT2D eigenvalue weighted by Crippen LogP contribution is 2.38. The average molecular weight is 621 g/mol. The zero-order valence-electron chi connectivity index (χ0n) is 26.2. The molecule has 0 unspecified atom stereocenters. The third kappa shape index (κ3) is 10.4. The summed E-state index contributed by atoms with van der Waals surface area (Å²) in [6.45, 7) is 21.0. The summed E-state index contributed by atoms with van der Waals surface area (Å²) in [5.41, 5.74) is -0.938. The number of aromatic amines is 1. The molecule has 14 heteroatoms. The van der Waals surface area contributed by atoms with E-state index in [1.807, 2.05) is 0 Å². The summed E-state index contributed by atoms with van der Waals surface area (Å²) >= 11 is 0. The molecule has 1 saturated heterocycles. The number of ether oxygens (including phenoxy) is 2. The predicted octanol–water partition coefficient (Wildman–Crippen LogP) is 2.45. The number of hydrogen-bond acceptors (Lipinski definition) is 7. The topological polar surface area (TPSA) is 157 Å². The minimum absolute atomic E-state index is 0.0608. The number of H-pyrrole nitrogens is 1. The third-order valence-electron chi connectivity index (χ3n) is 9.21. The van der Waals surface area contributed by atoms with Crippen molar-refractivity contribution < 1.29 is 42.1 Å². The van der Waals surface area contributed by atoms with Crippen molar-refractivity contribution in [3.05, 3.63) is 32.6 Å². The Morgan fingerprint density at radius 1 is 1.00 bits per heavy atom. The van der Waals surface area contributed by atoms with Gasteiger partial charge >= 0.3 is 19.5 Å². The quantitative estimate of drug-likeness (QED) is 0.0915. The number of carbonyl (C=O) groups excluding carboxylic acids is 1. The number of phosphoric ester groups is 1. The molecule has 1 aromatic rings. The van der Waals surface area contributed by atoms with Gasteiger partial charge in [0.25, 0.3) is 5.56 Å². The van der Waals surface area contributed by atoms with Gasteiger partial charge < -0.3 is 28.2 Å². The molecule has 3 N–H and O–H groups in total. The van der Waals surface area contributed by atoms with Gasteiger partial charge in [0.05, 0.1) is 59.0 Å². The van der Waals surface area contributed by atoms with Crippen LogP contribution < -0.4 is 11.2 Å². The SMILES string of the molecule is CC[N+](CC)(CC)CCC[N+](CC)(CC)CCCCC(=O)O[C@H]1C[C@H](n2cc(C)c(=O)[nH]c2=O)O[C@@H]1COP(=O)(O)O. The van der Waals surface area contributed by atoms with Crippen molar-refractivity contribution in [3.63, 3.8) is 0 Å². The minimum atomic E-state index is -4.80. The summed E-state index contributed by atoms with van der Waals surface area (Å²) in [6.07, 6.45) is 1.48. The van der Waals surface area contributed by atoms with Crippen LogP contribution in [0.1, 0.15) is 78.5 Å². The molecule has 0 spiro atoms. The van der Waals surface area contributed by atoms with Crippen molar-refractivity contribution in [3.8, 4) is 0 Å². The van der Waals surface area contributed by atoms with Crippen LogP contribution in [0.5, 0.6) is 0 Å². The van der Waals surface area contributed by atoms with Crippen molar-refractivity contribution in [2.75, 3.05) is 59.0 Å². The van der Waals surface area contributed by atoms with Gasteiger partial charge in [0.2, 0.25) is 0 Å². The van der Waals surface area contributed by atoms with Gasteiger partial charge in [0.1, 0.15) is 18.4 Å². The lowest BCUT2D eigenvalue weighted by Gasteiger charge is -2.40. The number of hydrogen-bond donors (Lipinski definition) is 3. The fourth-order valence-electron chi connectivity index (χ4n) is 5.91. The highest BCUT2D eigenvalue weighted by atomic mass is 31.2. The van der Waals surface area contributed by atoms with Gasteiger partial charge in [-0.3, -0.25) is 23.7 Å². The van der Waals surface area contributed by atoms with E-state index in [0.29, 0.717) is 6.42 Å². The fourth-order valence-corrected chi connectivity index (χ4v) is 6.26. The van der Waals surface area contributed by atoms with Crippen molar-refractivity contribution >= 4 is 13.8 Å². The zero-order chi connectivity index (χ0) is 31.6. The van der Waals surface area contributed by atoms with E-state index in [1.165, 1.54) is 24.2 Å². The molecular formula is C28H53N4O9P+2. The molecule has 0 aromatic carbocycles. The summed E-state index contributed by atoms with van der Waals surface area (Å²) < 4.78 is 30.7. The second kappa shape index (κ2) is 16.3. The Labute approximate surface area is 249 Å². The van der Waals surface area contributed by atoms with Crippen LogP contribution in [0.25, 0.3) is 0 Å². The number of quaternary nitrogens is 2. The number of carbonyl (C=O) groups is 1. The van der Waals surface area contributed by atoms with E-state index in [4.69, 9.17) is 19.3 Å². The van der Waals surface area contributed by atoms with Gasteiger partial charge in [0.15, 0.2) is 0 Å². The molecule has 242 valence electrons. The number of esters is 1. The molecule has 42 heavy (non-hydrogen) atoms. The summed E-state index contributed by atoms with van der Waals surface area (Å²) in [6, 6.07) is 0. The molecule has 0 radical (unpaired) electrons. The minimum Gasteiger partial charge on any atom is -0.459 e. The van der Waals surface area contributed by atoms with Gasteiger partial charge in [-0.2, -0.15) is 0 Å². The first-order valence-corrected chi connectivity index (χ1v) is 16.9. The maximum atomic E-state index is 12.8. The molecule has 13 nitrogen and oxygen atoms in total. The molecule has 2 heterocycles. The van der Waals surface area contributed by atoms with E-state index < -0.39 is 50.1 Å². The number of aromatic nitrogens is 2. The van der Waals surface area contributed by atoms with Crippen LogP contribution in [0.15, 0.2) is 15.8 Å². The molecular weight excluding hydrogens is 567 g/mol. The Hall–Kier alpha value is -1.86. The molecule has 2 rings (SSSR count). The molecule has 1 fully saturated rings. The van der Waals surface area contributed by atoms with Crippen molar-refractivity contribution in [1.82, 2.24) is 9.55 Å².